The van der Waals surface area contributed by atoms with Gasteiger partial charge < -0.3 is 4.98 Å². The minimum absolute atomic E-state index is 0.121. The lowest BCUT2D eigenvalue weighted by Gasteiger charge is -2.11. The van der Waals surface area contributed by atoms with E-state index in [1.807, 2.05) is 0 Å². The first-order valence-corrected chi connectivity index (χ1v) is 5.52. The molecule has 18 heavy (non-hydrogen) atoms. The van der Waals surface area contributed by atoms with Crippen molar-refractivity contribution in [3.8, 4) is 0 Å². The first-order chi connectivity index (χ1) is 8.34. The summed E-state index contributed by atoms with van der Waals surface area (Å²) < 4.78 is 38.1. The van der Waals surface area contributed by atoms with Crippen LogP contribution in [0.5, 0.6) is 0 Å². The molecule has 2 rings (SSSR count). The summed E-state index contributed by atoms with van der Waals surface area (Å²) in [5.74, 6) is 0.172. The Labute approximate surface area is 105 Å². The highest BCUT2D eigenvalue weighted by atomic mass is 35.5. The summed E-state index contributed by atoms with van der Waals surface area (Å²) in [6.45, 7) is 1.23. The zero-order valence-electron chi connectivity index (χ0n) is 9.23. The number of hydrogen-bond donors (Lipinski definition) is 1. The third-order valence-electron chi connectivity index (χ3n) is 2.59. The Morgan fingerprint density at radius 2 is 2.11 bits per heavy atom. The van der Waals surface area contributed by atoms with E-state index in [1.54, 1.807) is 0 Å². The second kappa shape index (κ2) is 4.28. The first-order valence-electron chi connectivity index (χ1n) is 4.99. The molecule has 0 aliphatic heterocycles. The zero-order chi connectivity index (χ0) is 13.5. The van der Waals surface area contributed by atoms with Crippen LogP contribution in [0.4, 0.5) is 13.2 Å². The highest BCUT2D eigenvalue weighted by molar-refractivity contribution is 6.17. The number of aromatic amines is 1. The van der Waals surface area contributed by atoms with E-state index in [9.17, 15) is 18.0 Å². The molecular formula is C11H8ClF3N2O. The molecule has 1 N–H and O–H groups in total. The van der Waals surface area contributed by atoms with Gasteiger partial charge in [0.2, 0.25) is 0 Å². The third kappa shape index (κ3) is 2.08. The van der Waals surface area contributed by atoms with Gasteiger partial charge in [0.25, 0.3) is 5.56 Å². The maximum atomic E-state index is 12.7. The van der Waals surface area contributed by atoms with E-state index in [0.717, 1.165) is 0 Å². The van der Waals surface area contributed by atoms with Crippen molar-refractivity contribution in [1.82, 2.24) is 9.97 Å². The van der Waals surface area contributed by atoms with Gasteiger partial charge in [-0.15, -0.1) is 11.6 Å². The lowest BCUT2D eigenvalue weighted by atomic mass is 10.1. The van der Waals surface area contributed by atoms with Crippen molar-refractivity contribution in [2.24, 2.45) is 0 Å². The molecule has 0 aliphatic carbocycles. The Hall–Kier alpha value is -1.56. The Morgan fingerprint density at radius 3 is 2.67 bits per heavy atom. The lowest BCUT2D eigenvalue weighted by Crippen LogP contribution is -2.23. The largest absolute Gasteiger partial charge is 0.422 e. The molecule has 2 aromatic rings. The quantitative estimate of drug-likeness (QED) is 0.814. The van der Waals surface area contributed by atoms with Gasteiger partial charge >= 0.3 is 6.18 Å². The molecule has 0 saturated carbocycles. The molecule has 0 spiro atoms. The molecule has 3 nitrogen and oxygen atoms in total. The number of pyridine rings is 2. The zero-order valence-corrected chi connectivity index (χ0v) is 9.99. The Morgan fingerprint density at radius 1 is 1.44 bits per heavy atom. The van der Waals surface area contributed by atoms with E-state index in [2.05, 4.69) is 9.97 Å². The number of alkyl halides is 4. The molecule has 2 aromatic heterocycles. The van der Waals surface area contributed by atoms with Crippen LogP contribution >= 0.6 is 11.6 Å². The van der Waals surface area contributed by atoms with E-state index in [0.29, 0.717) is 5.56 Å². The third-order valence-corrected chi connectivity index (χ3v) is 2.90. The van der Waals surface area contributed by atoms with Crippen molar-refractivity contribution >= 4 is 22.6 Å². The average molecular weight is 277 g/mol. The standard InChI is InChI=1S/C11H8ClF3N2O/c1-5-8(11(13,14)15)10(18)17-7-2-6(3-12)4-16-9(5)7/h2,4H,3H2,1H3,(H,17,18). The lowest BCUT2D eigenvalue weighted by molar-refractivity contribution is -0.139. The Bertz CT molecular complexity index is 664. The van der Waals surface area contributed by atoms with Crippen LogP contribution in [0.1, 0.15) is 16.7 Å². The predicted molar refractivity (Wildman–Crippen MR) is 61.7 cm³/mol. The van der Waals surface area contributed by atoms with Gasteiger partial charge in [0.05, 0.1) is 11.0 Å². The van der Waals surface area contributed by atoms with E-state index >= 15 is 0 Å². The highest BCUT2D eigenvalue weighted by Gasteiger charge is 2.36. The highest BCUT2D eigenvalue weighted by Crippen LogP contribution is 2.31. The van der Waals surface area contributed by atoms with Crippen LogP contribution in [-0.2, 0) is 12.1 Å². The minimum Gasteiger partial charge on any atom is -0.320 e. The van der Waals surface area contributed by atoms with Gasteiger partial charge in [-0.05, 0) is 24.1 Å². The molecule has 0 unspecified atom stereocenters. The number of halogens is 4. The Balaban J connectivity index is 2.84. The number of nitrogens with one attached hydrogen (secondary N) is 1. The maximum Gasteiger partial charge on any atom is 0.422 e. The van der Waals surface area contributed by atoms with Gasteiger partial charge in [-0.25, -0.2) is 0 Å². The molecule has 0 aromatic carbocycles. The van der Waals surface area contributed by atoms with Crippen molar-refractivity contribution in [2.75, 3.05) is 0 Å². The molecule has 0 saturated heterocycles. The fourth-order valence-corrected chi connectivity index (χ4v) is 1.94. The van der Waals surface area contributed by atoms with E-state index in [-0.39, 0.29) is 22.5 Å². The van der Waals surface area contributed by atoms with Gasteiger partial charge in [0.1, 0.15) is 5.56 Å². The van der Waals surface area contributed by atoms with Crippen molar-refractivity contribution in [1.29, 1.82) is 0 Å². The molecule has 0 radical (unpaired) electrons. The van der Waals surface area contributed by atoms with Crippen molar-refractivity contribution < 1.29 is 13.2 Å². The molecule has 0 atom stereocenters. The second-order valence-corrected chi connectivity index (χ2v) is 4.09. The van der Waals surface area contributed by atoms with Crippen LogP contribution in [0.3, 0.4) is 0 Å². The predicted octanol–water partition coefficient (Wildman–Crippen LogP) is 2.99. The topological polar surface area (TPSA) is 45.8 Å². The van der Waals surface area contributed by atoms with Crippen LogP contribution in [0, 0.1) is 6.92 Å². The second-order valence-electron chi connectivity index (χ2n) is 3.83. The number of hydrogen-bond acceptors (Lipinski definition) is 2. The van der Waals surface area contributed by atoms with Crippen LogP contribution in [0.25, 0.3) is 11.0 Å². The van der Waals surface area contributed by atoms with Crippen LogP contribution in [-0.4, -0.2) is 9.97 Å². The summed E-state index contributed by atoms with van der Waals surface area (Å²) in [4.78, 5) is 17.6. The number of aromatic nitrogens is 2. The average Bonchev–Trinajstić information content (AvgIpc) is 2.26. The molecule has 96 valence electrons. The molecule has 7 heteroatoms. The number of fused-ring (bicyclic) bond motifs is 1. The van der Waals surface area contributed by atoms with Gasteiger partial charge in [-0.2, -0.15) is 13.2 Å². The fourth-order valence-electron chi connectivity index (χ4n) is 1.79. The van der Waals surface area contributed by atoms with Crippen molar-refractivity contribution in [3.63, 3.8) is 0 Å². The van der Waals surface area contributed by atoms with Gasteiger partial charge in [-0.3, -0.25) is 9.78 Å². The Kier molecular flexibility index (Phi) is 3.06. The summed E-state index contributed by atoms with van der Waals surface area (Å²) in [5, 5.41) is 0. The smallest absolute Gasteiger partial charge is 0.320 e. The van der Waals surface area contributed by atoms with Gasteiger partial charge in [0.15, 0.2) is 0 Å². The first kappa shape index (κ1) is 12.9. The molecule has 2 heterocycles. The van der Waals surface area contributed by atoms with E-state index in [1.165, 1.54) is 19.2 Å². The number of rotatable bonds is 1. The minimum atomic E-state index is -4.70. The van der Waals surface area contributed by atoms with Gasteiger partial charge in [-0.1, -0.05) is 0 Å². The van der Waals surface area contributed by atoms with Crippen molar-refractivity contribution in [2.45, 2.75) is 19.0 Å². The van der Waals surface area contributed by atoms with Crippen LogP contribution in [0.15, 0.2) is 17.1 Å². The molecule has 0 bridgehead atoms. The molecule has 0 amide bonds. The van der Waals surface area contributed by atoms with Crippen LogP contribution in [0.2, 0.25) is 0 Å². The maximum absolute atomic E-state index is 12.7. The summed E-state index contributed by atoms with van der Waals surface area (Å²) in [6.07, 6.45) is -3.31. The monoisotopic (exact) mass is 276 g/mol. The van der Waals surface area contributed by atoms with Gasteiger partial charge in [0, 0.05) is 12.1 Å². The fraction of sp³-hybridized carbons (Fsp3) is 0.273. The van der Waals surface area contributed by atoms with E-state index in [4.69, 9.17) is 11.6 Å². The normalized spacial score (nSPS) is 12.1. The number of aryl methyl sites for hydroxylation is 1. The summed E-state index contributed by atoms with van der Waals surface area (Å²) >= 11 is 5.60. The van der Waals surface area contributed by atoms with E-state index < -0.39 is 17.3 Å². The summed E-state index contributed by atoms with van der Waals surface area (Å²) in [6, 6.07) is 1.52. The number of nitrogens with zero attached hydrogens (tertiary/aromatic N) is 1. The summed E-state index contributed by atoms with van der Waals surface area (Å²) in [5.41, 5.74) is -1.55. The van der Waals surface area contributed by atoms with Crippen molar-refractivity contribution in [3.05, 3.63) is 39.3 Å². The molecule has 0 fully saturated rings. The molecular weight excluding hydrogens is 269 g/mol. The van der Waals surface area contributed by atoms with Crippen LogP contribution < -0.4 is 5.56 Å². The SMILES string of the molecule is Cc1c(C(F)(F)F)c(=O)[nH]c2cc(CCl)cnc12. The molecule has 0 aliphatic rings. The number of H-pyrrole nitrogens is 1. The summed E-state index contributed by atoms with van der Waals surface area (Å²) in [7, 11) is 0.